The van der Waals surface area contributed by atoms with Crippen molar-refractivity contribution in [1.29, 1.82) is 0 Å². The minimum Gasteiger partial charge on any atom is -0.486 e. The summed E-state index contributed by atoms with van der Waals surface area (Å²) in [5, 5.41) is 6.81. The van der Waals surface area contributed by atoms with E-state index in [1.165, 1.54) is 4.90 Å². The highest BCUT2D eigenvalue weighted by atomic mass is 16.6. The molecule has 3 fully saturated rings. The lowest BCUT2D eigenvalue weighted by Crippen LogP contribution is -2.56. The summed E-state index contributed by atoms with van der Waals surface area (Å²) in [6.45, 7) is 9.76. The number of hydrogen-bond donors (Lipinski definition) is 2. The Kier molecular flexibility index (Phi) is 12.5. The number of unbranched alkanes of at least 4 members (excludes halogenated alkanes) is 1. The maximum Gasteiger partial charge on any atom is 0.408 e. The van der Waals surface area contributed by atoms with Crippen LogP contribution < -0.4 is 15.4 Å². The minimum atomic E-state index is -1.19. The third-order valence-electron chi connectivity index (χ3n) is 11.2. The Morgan fingerprint density at radius 3 is 2.77 bits per heavy atom. The second-order valence-electron chi connectivity index (χ2n) is 14.9. The van der Waals surface area contributed by atoms with Crippen molar-refractivity contribution in [2.45, 2.75) is 120 Å². The monoisotopic (exact) mass is 726 g/mol. The summed E-state index contributed by atoms with van der Waals surface area (Å²) in [7, 11) is 0. The van der Waals surface area contributed by atoms with Crippen LogP contribution in [0.5, 0.6) is 5.75 Å². The third-order valence-corrected chi connectivity index (χ3v) is 11.2. The summed E-state index contributed by atoms with van der Waals surface area (Å²) >= 11 is 0. The minimum absolute atomic E-state index is 0.0945. The van der Waals surface area contributed by atoms with Gasteiger partial charge in [-0.05, 0) is 95.3 Å². The number of carbonyl (C=O) groups is 4. The second kappa shape index (κ2) is 17.4. The number of alkyl carbamates (subject to hydrolysis) is 1. The lowest BCUT2D eigenvalue weighted by atomic mass is 9.98. The molecule has 1 aromatic heterocycles. The van der Waals surface area contributed by atoms with Crippen molar-refractivity contribution >= 4 is 40.9 Å². The topological polar surface area (TPSA) is 136 Å². The zero-order valence-corrected chi connectivity index (χ0v) is 30.9. The quantitative estimate of drug-likeness (QED) is 0.147. The Labute approximate surface area is 312 Å². The predicted molar refractivity (Wildman–Crippen MR) is 203 cm³/mol. The van der Waals surface area contributed by atoms with Crippen LogP contribution in [0.4, 0.5) is 4.79 Å². The average Bonchev–Trinajstić information content (AvgIpc) is 3.42. The number of nitrogens with one attached hydrogen (secondary N) is 2. The van der Waals surface area contributed by atoms with E-state index in [9.17, 15) is 19.2 Å². The van der Waals surface area contributed by atoms with E-state index in [1.54, 1.807) is 13.0 Å². The molecule has 53 heavy (non-hydrogen) atoms. The number of esters is 1. The molecule has 6 rings (SSSR count). The summed E-state index contributed by atoms with van der Waals surface area (Å²) in [5.41, 5.74) is 0.151. The molecule has 11 heteroatoms. The molecular weight excluding hydrogens is 672 g/mol. The Morgan fingerprint density at radius 2 is 1.96 bits per heavy atom. The molecule has 0 unspecified atom stereocenters. The van der Waals surface area contributed by atoms with E-state index in [2.05, 4.69) is 29.9 Å². The van der Waals surface area contributed by atoms with Gasteiger partial charge in [-0.2, -0.15) is 0 Å². The number of para-hydroxylation sites is 1. The van der Waals surface area contributed by atoms with Gasteiger partial charge >= 0.3 is 12.1 Å². The number of pyridine rings is 1. The van der Waals surface area contributed by atoms with Crippen LogP contribution in [0, 0.1) is 11.8 Å². The number of benzene rings is 1. The van der Waals surface area contributed by atoms with Gasteiger partial charge < -0.3 is 29.7 Å². The molecule has 2 aliphatic carbocycles. The van der Waals surface area contributed by atoms with Crippen LogP contribution >= 0.6 is 0 Å². The SMILES string of the molecule is C=CCCC[C@@H]1CCC[C@H]1OC(=O)N[C@H]1CCCCC/C=C\[C@@H]2C[C@@]2(C(=O)OCC)NC(=O)[C@@H]2C[C@@H](Oc3cc4ccccc4nc3C=C)CN2C1=O. The fourth-order valence-corrected chi connectivity index (χ4v) is 8.25. The molecule has 0 spiro atoms. The van der Waals surface area contributed by atoms with Crippen LogP contribution in [0.3, 0.4) is 0 Å². The van der Waals surface area contributed by atoms with Crippen LogP contribution in [0.2, 0.25) is 0 Å². The number of hydrogen-bond acceptors (Lipinski definition) is 8. The number of nitrogens with zero attached hydrogens (tertiary/aromatic N) is 2. The largest absolute Gasteiger partial charge is 0.486 e. The Morgan fingerprint density at radius 1 is 1.11 bits per heavy atom. The number of amides is 3. The Hall–Kier alpha value is -4.67. The molecule has 2 N–H and O–H groups in total. The first-order valence-corrected chi connectivity index (χ1v) is 19.5. The van der Waals surface area contributed by atoms with Crippen molar-refractivity contribution in [2.24, 2.45) is 11.8 Å². The molecule has 7 atom stereocenters. The number of rotatable bonds is 11. The maximum absolute atomic E-state index is 14.6. The predicted octanol–water partition coefficient (Wildman–Crippen LogP) is 6.80. The van der Waals surface area contributed by atoms with Gasteiger partial charge in [0.25, 0.3) is 0 Å². The number of allylic oxidation sites excluding steroid dienone is 2. The van der Waals surface area contributed by atoms with Crippen LogP contribution in [-0.2, 0) is 23.9 Å². The first kappa shape index (κ1) is 38.1. The van der Waals surface area contributed by atoms with Crippen LogP contribution in [0.1, 0.15) is 96.1 Å². The van der Waals surface area contributed by atoms with E-state index >= 15 is 0 Å². The van der Waals surface area contributed by atoms with Crippen molar-refractivity contribution in [2.75, 3.05) is 13.2 Å². The van der Waals surface area contributed by atoms with Crippen molar-refractivity contribution in [1.82, 2.24) is 20.5 Å². The van der Waals surface area contributed by atoms with Gasteiger partial charge in [0.05, 0.1) is 18.7 Å². The number of fused-ring (bicyclic) bond motifs is 3. The summed E-state index contributed by atoms with van der Waals surface area (Å²) in [5.74, 6) is -0.748. The Balaban J connectivity index is 1.26. The van der Waals surface area contributed by atoms with E-state index in [-0.39, 0.29) is 43.4 Å². The van der Waals surface area contributed by atoms with Gasteiger partial charge in [0.15, 0.2) is 0 Å². The van der Waals surface area contributed by atoms with Gasteiger partial charge in [0.1, 0.15) is 41.3 Å². The molecule has 4 aliphatic rings. The lowest BCUT2D eigenvalue weighted by molar-refractivity contribution is -0.150. The first-order valence-electron chi connectivity index (χ1n) is 19.5. The van der Waals surface area contributed by atoms with Crippen molar-refractivity contribution in [3.05, 3.63) is 67.4 Å². The zero-order valence-electron chi connectivity index (χ0n) is 30.9. The summed E-state index contributed by atoms with van der Waals surface area (Å²) in [4.78, 5) is 61.9. The summed E-state index contributed by atoms with van der Waals surface area (Å²) in [6, 6.07) is 7.71. The molecule has 0 bridgehead atoms. The van der Waals surface area contributed by atoms with Crippen LogP contribution in [-0.4, -0.2) is 76.7 Å². The highest BCUT2D eigenvalue weighted by Crippen LogP contribution is 2.46. The molecule has 2 saturated carbocycles. The van der Waals surface area contributed by atoms with Crippen LogP contribution in [0.15, 0.2) is 61.7 Å². The third kappa shape index (κ3) is 8.93. The fourth-order valence-electron chi connectivity index (χ4n) is 8.25. The van der Waals surface area contributed by atoms with Crippen molar-refractivity contribution in [3.63, 3.8) is 0 Å². The van der Waals surface area contributed by atoms with Gasteiger partial charge in [-0.3, -0.25) is 9.59 Å². The zero-order chi connectivity index (χ0) is 37.4. The van der Waals surface area contributed by atoms with E-state index in [0.29, 0.717) is 30.7 Å². The van der Waals surface area contributed by atoms with E-state index in [1.807, 2.05) is 42.5 Å². The van der Waals surface area contributed by atoms with Gasteiger partial charge in [0, 0.05) is 17.7 Å². The molecule has 1 aromatic carbocycles. The van der Waals surface area contributed by atoms with Crippen LogP contribution in [0.25, 0.3) is 17.0 Å². The molecule has 0 radical (unpaired) electrons. The van der Waals surface area contributed by atoms with Crippen molar-refractivity contribution < 1.29 is 33.4 Å². The smallest absolute Gasteiger partial charge is 0.408 e. The highest BCUT2D eigenvalue weighted by molar-refractivity contribution is 5.96. The lowest BCUT2D eigenvalue weighted by Gasteiger charge is -2.30. The summed E-state index contributed by atoms with van der Waals surface area (Å²) < 4.78 is 17.9. The van der Waals surface area contributed by atoms with Gasteiger partial charge in [-0.15, -0.1) is 6.58 Å². The highest BCUT2D eigenvalue weighted by Gasteiger charge is 2.62. The van der Waals surface area contributed by atoms with Crippen molar-refractivity contribution in [3.8, 4) is 5.75 Å². The molecule has 284 valence electrons. The van der Waals surface area contributed by atoms with E-state index < -0.39 is 41.7 Å². The molecule has 2 aromatic rings. The second-order valence-corrected chi connectivity index (χ2v) is 14.9. The van der Waals surface area contributed by atoms with E-state index in [0.717, 1.165) is 68.7 Å². The molecule has 1 saturated heterocycles. The molecule has 2 aliphatic heterocycles. The van der Waals surface area contributed by atoms with Gasteiger partial charge in [-0.25, -0.2) is 14.6 Å². The van der Waals surface area contributed by atoms with E-state index in [4.69, 9.17) is 19.2 Å². The average molecular weight is 727 g/mol. The number of ether oxygens (including phenoxy) is 3. The van der Waals surface area contributed by atoms with Gasteiger partial charge in [-0.1, -0.05) is 55.8 Å². The molecule has 3 amide bonds. The molecule has 11 nitrogen and oxygen atoms in total. The number of carbonyl (C=O) groups excluding carboxylic acids is 4. The Bertz CT molecular complexity index is 1710. The fraction of sp³-hybridized carbons (Fsp3) is 0.548. The molecule has 3 heterocycles. The maximum atomic E-state index is 14.6. The number of aromatic nitrogens is 1. The standard InChI is InChI=1S/C42H54N4O7/c1-4-7-11-17-28-19-16-23-36(28)53-41(50)44-34-22-13-10-8-9-12-20-30-26-42(30,40(49)51-6-3)45-38(47)35-25-31(27-46(35)39(34)48)52-37-24-29-18-14-15-21-33(29)43-32(37)5-2/h4-5,12,14-15,18,20-21,24,28,30-31,34-36H,1-2,6-11,13,16-17,19,22-23,25-27H2,3H3,(H,44,50)(H,45,47)/b20-12-/t28-,30-,31-,34+,35+,36-,42-/m1/s1. The molecular formula is C42H54N4O7. The first-order chi connectivity index (χ1) is 25.8. The normalized spacial score (nSPS) is 29.4. The summed E-state index contributed by atoms with van der Waals surface area (Å²) in [6.07, 6.45) is 16.1. The van der Waals surface area contributed by atoms with Gasteiger partial charge in [0.2, 0.25) is 11.8 Å².